The number of halogens is 8. The number of hydrogen-bond acceptors (Lipinski definition) is 16. The van der Waals surface area contributed by atoms with E-state index in [1.165, 1.54) is 0 Å². The zero-order valence-corrected chi connectivity index (χ0v) is 47.9. The van der Waals surface area contributed by atoms with Crippen LogP contribution in [0.1, 0.15) is 0 Å². The van der Waals surface area contributed by atoms with E-state index < -0.39 is 41.0 Å². The maximum atomic E-state index is 8.49. The molecule has 0 aliphatic heterocycles. The van der Waals surface area contributed by atoms with Gasteiger partial charge in [-0.1, -0.05) is 0 Å². The maximum absolute atomic E-state index is 8.49. The van der Waals surface area contributed by atoms with Crippen LogP contribution >= 0.6 is 0 Å². The van der Waals surface area contributed by atoms with Gasteiger partial charge in [-0.25, -0.2) is 74.5 Å². The third kappa shape index (κ3) is 48.9. The Balaban J connectivity index is 0.000000428. The van der Waals surface area contributed by atoms with E-state index in [-0.39, 0.29) is 87.0 Å². The summed E-state index contributed by atoms with van der Waals surface area (Å²) in [6.45, 7) is 0. The van der Waals surface area contributed by atoms with Crippen LogP contribution in [0.2, 0.25) is 0 Å². The average Bonchev–Trinajstić information content (AvgIpc) is 3.30. The molecule has 0 N–H and O–H groups in total. The van der Waals surface area contributed by atoms with E-state index in [9.17, 15) is 0 Å². The number of nitrogens with zero attached hydrogens (tertiary/aromatic N) is 8. The van der Waals surface area contributed by atoms with Crippen molar-refractivity contribution in [2.45, 2.75) is 0 Å². The predicted molar refractivity (Wildman–Crippen MR) is 176 cm³/mol. The topological polar surface area (TPSA) is 400 Å². The predicted octanol–water partition coefficient (Wildman–Crippen LogP) is -28.7. The van der Waals surface area contributed by atoms with Crippen molar-refractivity contribution >= 4 is 0 Å². The van der Waals surface area contributed by atoms with E-state index in [0.29, 0.717) is 0 Å². The third-order valence-electron chi connectivity index (χ3n) is 6.13. The third-order valence-corrected chi connectivity index (χ3v) is 15.3. The van der Waals surface area contributed by atoms with Crippen molar-refractivity contribution in [1.82, 2.24) is 0 Å². The van der Waals surface area contributed by atoms with Crippen LogP contribution in [0.5, 0.6) is 0 Å². The summed E-state index contributed by atoms with van der Waals surface area (Å²) < 4.78 is 154. The van der Waals surface area contributed by atoms with Crippen LogP contribution < -0.4 is 184 Å². The normalized spacial score (nSPS) is 10.7. The molecule has 0 saturated carbocycles. The zero-order valence-electron chi connectivity index (χ0n) is 36.2. The fraction of sp³-hybridized carbons (Fsp3) is 0. The molecule has 0 atom stereocenters. The van der Waals surface area contributed by atoms with Gasteiger partial charge in [0, 0.05) is 0 Å². The average molecular weight is 1540 g/mol. The molecule has 8 aromatic heterocycles. The molecule has 0 saturated heterocycles. The molecule has 72 heavy (non-hydrogen) atoms. The van der Waals surface area contributed by atoms with Crippen molar-refractivity contribution in [1.29, 1.82) is 0 Å². The van der Waals surface area contributed by atoms with E-state index >= 15 is 0 Å². The molecular formula is C40H40Cl4I4N8O16. The van der Waals surface area contributed by atoms with Crippen molar-refractivity contribution in [3.63, 3.8) is 0 Å². The Kier molecular flexibility index (Phi) is 35.4. The summed E-state index contributed by atoms with van der Waals surface area (Å²) in [6, 6.07) is 49.2. The first-order chi connectivity index (χ1) is 33.8. The molecule has 24 nitrogen and oxygen atoms in total. The quantitative estimate of drug-likeness (QED) is 0.128. The second-order valence-corrected chi connectivity index (χ2v) is 25.2. The van der Waals surface area contributed by atoms with E-state index in [0.717, 1.165) is 0 Å². The molecule has 0 aromatic carbocycles. The van der Waals surface area contributed by atoms with Gasteiger partial charge in [0.1, 0.15) is 0 Å². The minimum atomic E-state index is -4.94. The first-order valence-electron chi connectivity index (χ1n) is 18.6. The molecule has 32 heteroatoms. The molecular weight excluding hydrogens is 1500 g/mol. The SMILES string of the molecule is [O-][Cl+3]([O-])([O-])[O-].[O-][Cl+3]([O-])([O-])[O-].[O-][Cl+3]([O-])([O-])[O-].[O-][Cl+3]([O-])([O-])[O-].c1cc[n+]([I-][n+]2ccccc2)cc1.c1cc[n+]([I-][n+]2ccccc2)cc1.c1cc[n+]([I-][n+]2ccccc2)cc1.c1cc[n+]([I-][n+]2ccccc2)cc1. The molecule has 0 unspecified atom stereocenters. The van der Waals surface area contributed by atoms with Gasteiger partial charge in [0.15, 0.2) is 0 Å². The van der Waals surface area contributed by atoms with Crippen LogP contribution in [-0.2, 0) is 0 Å². The molecule has 0 fully saturated rings. The number of pyridine rings is 8. The Bertz CT molecular complexity index is 1990. The van der Waals surface area contributed by atoms with E-state index in [4.69, 9.17) is 74.5 Å². The molecule has 392 valence electrons. The molecule has 0 aliphatic carbocycles. The Labute approximate surface area is 464 Å². The Morgan fingerprint density at radius 2 is 0.222 bits per heavy atom. The Hall–Kier alpha value is -3.36. The first-order valence-corrected chi connectivity index (χ1v) is 31.3. The van der Waals surface area contributed by atoms with E-state index in [1.54, 1.807) is 0 Å². The molecule has 8 aromatic rings. The molecule has 0 radical (unpaired) electrons. The van der Waals surface area contributed by atoms with Crippen molar-refractivity contribution in [3.05, 3.63) is 245 Å². The van der Waals surface area contributed by atoms with Crippen molar-refractivity contribution in [2.75, 3.05) is 0 Å². The fourth-order valence-electron chi connectivity index (χ4n) is 3.83. The summed E-state index contributed by atoms with van der Waals surface area (Å²) in [4.78, 5) is 0. The zero-order chi connectivity index (χ0) is 53.7. The minimum absolute atomic E-state index is 0.138. The van der Waals surface area contributed by atoms with Crippen molar-refractivity contribution in [3.8, 4) is 0 Å². The van der Waals surface area contributed by atoms with Gasteiger partial charge < -0.3 is 0 Å². The first kappa shape index (κ1) is 66.7. The summed E-state index contributed by atoms with van der Waals surface area (Å²) >= 11 is -0.552. The van der Waals surface area contributed by atoms with Gasteiger partial charge in [-0.05, 0) is 0 Å². The van der Waals surface area contributed by atoms with Crippen molar-refractivity contribution < 1.29 is 225 Å². The van der Waals surface area contributed by atoms with Crippen LogP contribution in [0, 0.1) is 41.0 Å². The van der Waals surface area contributed by atoms with Gasteiger partial charge in [0.05, 0.1) is 0 Å². The molecule has 0 amide bonds. The van der Waals surface area contributed by atoms with Gasteiger partial charge in [-0.2, -0.15) is 0 Å². The molecule has 0 spiro atoms. The van der Waals surface area contributed by atoms with E-state index in [2.05, 4.69) is 218 Å². The number of aromatic nitrogens is 8. The van der Waals surface area contributed by atoms with Gasteiger partial charge in [0.25, 0.3) is 0 Å². The van der Waals surface area contributed by atoms with Gasteiger partial charge in [-0.15, -0.1) is 41.0 Å². The second-order valence-electron chi connectivity index (χ2n) is 11.6. The van der Waals surface area contributed by atoms with E-state index in [1.807, 2.05) is 48.5 Å². The van der Waals surface area contributed by atoms with Gasteiger partial charge >= 0.3 is 354 Å². The van der Waals surface area contributed by atoms with Gasteiger partial charge in [0.2, 0.25) is 0 Å². The Morgan fingerprint density at radius 1 is 0.153 bits per heavy atom. The van der Waals surface area contributed by atoms with Crippen LogP contribution in [0.3, 0.4) is 0 Å². The Morgan fingerprint density at radius 3 is 0.292 bits per heavy atom. The van der Waals surface area contributed by atoms with Gasteiger partial charge in [-0.3, -0.25) is 0 Å². The fourth-order valence-corrected chi connectivity index (χ4v) is 11.4. The van der Waals surface area contributed by atoms with Crippen LogP contribution in [-0.4, -0.2) is 0 Å². The summed E-state index contributed by atoms with van der Waals surface area (Å²) in [5, 5.41) is 0. The van der Waals surface area contributed by atoms with Crippen molar-refractivity contribution in [2.24, 2.45) is 0 Å². The standard InChI is InChI=1S/4C10H10IN2.4ClHO4/c4*1-3-7-12(8-4-1)11-13-9-5-2-6-10-13;4*2-1(3,4)5/h4*1-10H;4*(H,2,3,4,5)/q4*+1;;;;/p-4. The van der Waals surface area contributed by atoms with Crippen LogP contribution in [0.25, 0.3) is 0 Å². The molecule has 8 rings (SSSR count). The summed E-state index contributed by atoms with van der Waals surface area (Å²) in [5.74, 6) is 0. The van der Waals surface area contributed by atoms with Crippen LogP contribution in [0.15, 0.2) is 245 Å². The molecule has 0 aliphatic rings. The summed E-state index contributed by atoms with van der Waals surface area (Å²) in [5.41, 5.74) is 0. The number of hydrogen-bond donors (Lipinski definition) is 0. The monoisotopic (exact) mass is 1540 g/mol. The molecule has 8 heterocycles. The number of rotatable bonds is 8. The second kappa shape index (κ2) is 38.2. The van der Waals surface area contributed by atoms with Crippen LogP contribution in [0.4, 0.5) is 0 Å². The molecule has 0 bridgehead atoms. The summed E-state index contributed by atoms with van der Waals surface area (Å²) in [7, 11) is -19.8. The summed E-state index contributed by atoms with van der Waals surface area (Å²) in [6.07, 6.45) is 33.7.